The first-order valence-electron chi connectivity index (χ1n) is 4.48. The third kappa shape index (κ3) is 4.07. The van der Waals surface area contributed by atoms with Gasteiger partial charge in [0, 0.05) is 0 Å². The molecule has 0 saturated heterocycles. The van der Waals surface area contributed by atoms with Gasteiger partial charge in [-0.05, 0) is 12.8 Å². The third-order valence-corrected chi connectivity index (χ3v) is 1.75. The summed E-state index contributed by atoms with van der Waals surface area (Å²) < 4.78 is 8.98. The quantitative estimate of drug-likeness (QED) is 0.381. The molecule has 4 heteroatoms. The van der Waals surface area contributed by atoms with E-state index in [1.807, 2.05) is 13.0 Å². The van der Waals surface area contributed by atoms with E-state index in [9.17, 15) is 9.59 Å². The van der Waals surface area contributed by atoms with Crippen molar-refractivity contribution in [3.8, 4) is 0 Å². The Morgan fingerprint density at radius 2 is 1.64 bits per heavy atom. The minimum atomic E-state index is -0.840. The molecule has 4 nitrogen and oxygen atoms in total. The van der Waals surface area contributed by atoms with Crippen LogP contribution in [0.1, 0.15) is 19.8 Å². The van der Waals surface area contributed by atoms with E-state index in [0.717, 1.165) is 6.42 Å². The normalized spacial score (nSPS) is 10.6. The van der Waals surface area contributed by atoms with Gasteiger partial charge in [-0.15, -0.1) is 0 Å². The van der Waals surface area contributed by atoms with E-state index >= 15 is 0 Å². The summed E-state index contributed by atoms with van der Waals surface area (Å²) in [6.45, 7) is 1.97. The molecule has 0 bridgehead atoms. The van der Waals surface area contributed by atoms with Crippen LogP contribution in [0.2, 0.25) is 0 Å². The summed E-state index contributed by atoms with van der Waals surface area (Å²) in [6.07, 6.45) is 4.86. The summed E-state index contributed by atoms with van der Waals surface area (Å²) in [5, 5.41) is 0. The van der Waals surface area contributed by atoms with Crippen molar-refractivity contribution in [3.63, 3.8) is 0 Å². The van der Waals surface area contributed by atoms with Crippen LogP contribution in [-0.4, -0.2) is 26.2 Å². The van der Waals surface area contributed by atoms with Crippen LogP contribution < -0.4 is 0 Å². The Kier molecular flexibility index (Phi) is 6.45. The summed E-state index contributed by atoms with van der Waals surface area (Å²) in [4.78, 5) is 22.3. The van der Waals surface area contributed by atoms with Crippen molar-refractivity contribution in [2.24, 2.45) is 5.92 Å². The fourth-order valence-electron chi connectivity index (χ4n) is 0.972. The van der Waals surface area contributed by atoms with Crippen molar-refractivity contribution in [1.82, 2.24) is 0 Å². The van der Waals surface area contributed by atoms with Gasteiger partial charge in [-0.25, -0.2) is 0 Å². The van der Waals surface area contributed by atoms with Crippen molar-refractivity contribution in [3.05, 3.63) is 12.2 Å². The molecule has 0 aliphatic carbocycles. The minimum Gasteiger partial charge on any atom is -0.468 e. The molecule has 0 heterocycles. The van der Waals surface area contributed by atoms with Gasteiger partial charge in [0.2, 0.25) is 0 Å². The van der Waals surface area contributed by atoms with Gasteiger partial charge < -0.3 is 9.47 Å². The van der Waals surface area contributed by atoms with Gasteiger partial charge in [0.1, 0.15) is 0 Å². The molecule has 0 atom stereocenters. The maximum absolute atomic E-state index is 11.1. The summed E-state index contributed by atoms with van der Waals surface area (Å²) >= 11 is 0. The highest BCUT2D eigenvalue weighted by Gasteiger charge is 2.26. The number of hydrogen-bond donors (Lipinski definition) is 0. The smallest absolute Gasteiger partial charge is 0.320 e. The Labute approximate surface area is 83.9 Å². The fraction of sp³-hybridized carbons (Fsp3) is 0.600. The van der Waals surface area contributed by atoms with Crippen molar-refractivity contribution >= 4 is 11.9 Å². The standard InChI is InChI=1S/C10H16O4/c1-4-5-6-7-8(9(11)13-2)10(12)14-3/h5-6,8H,4,7H2,1-3H3/b6-5-. The van der Waals surface area contributed by atoms with Crippen LogP contribution in [-0.2, 0) is 19.1 Å². The van der Waals surface area contributed by atoms with Crippen LogP contribution in [0.15, 0.2) is 12.2 Å². The first kappa shape index (κ1) is 12.7. The summed E-state index contributed by atoms with van der Waals surface area (Å²) in [6, 6.07) is 0. The lowest BCUT2D eigenvalue weighted by atomic mass is 10.1. The molecule has 0 aliphatic rings. The van der Waals surface area contributed by atoms with Crippen LogP contribution in [0, 0.1) is 5.92 Å². The number of carbonyl (C=O) groups excluding carboxylic acids is 2. The molecule has 80 valence electrons. The lowest BCUT2D eigenvalue weighted by Crippen LogP contribution is -2.25. The second kappa shape index (κ2) is 7.12. The number of rotatable bonds is 5. The zero-order valence-electron chi connectivity index (χ0n) is 8.78. The highest BCUT2D eigenvalue weighted by molar-refractivity contribution is 5.94. The SMILES string of the molecule is CC/C=C\CC(C(=O)OC)C(=O)OC. The number of carbonyl (C=O) groups is 2. The molecule has 0 spiro atoms. The van der Waals surface area contributed by atoms with E-state index < -0.39 is 17.9 Å². The second-order valence-electron chi connectivity index (χ2n) is 2.71. The van der Waals surface area contributed by atoms with Gasteiger partial charge in [0.15, 0.2) is 5.92 Å². The number of allylic oxidation sites excluding steroid dienone is 2. The highest BCUT2D eigenvalue weighted by atomic mass is 16.5. The maximum Gasteiger partial charge on any atom is 0.320 e. The highest BCUT2D eigenvalue weighted by Crippen LogP contribution is 2.09. The third-order valence-electron chi connectivity index (χ3n) is 1.75. The summed E-state index contributed by atoms with van der Waals surface area (Å²) in [5.41, 5.74) is 0. The molecule has 0 saturated carbocycles. The van der Waals surface area contributed by atoms with Gasteiger partial charge in [-0.2, -0.15) is 0 Å². The molecule has 0 aromatic heterocycles. The second-order valence-corrected chi connectivity index (χ2v) is 2.71. The van der Waals surface area contributed by atoms with Crippen LogP contribution in [0.3, 0.4) is 0 Å². The molecule has 14 heavy (non-hydrogen) atoms. The largest absolute Gasteiger partial charge is 0.468 e. The van der Waals surface area contributed by atoms with Crippen LogP contribution >= 0.6 is 0 Å². The molecule has 0 aliphatic heterocycles. The number of hydrogen-bond acceptors (Lipinski definition) is 4. The Morgan fingerprint density at radius 3 is 2.00 bits per heavy atom. The zero-order valence-corrected chi connectivity index (χ0v) is 8.78. The number of methoxy groups -OCH3 is 2. The predicted molar refractivity (Wildman–Crippen MR) is 51.6 cm³/mol. The van der Waals surface area contributed by atoms with E-state index in [4.69, 9.17) is 0 Å². The number of esters is 2. The van der Waals surface area contributed by atoms with Crippen LogP contribution in [0.4, 0.5) is 0 Å². The van der Waals surface area contributed by atoms with Crippen molar-refractivity contribution in [2.75, 3.05) is 14.2 Å². The van der Waals surface area contributed by atoms with Crippen LogP contribution in [0.5, 0.6) is 0 Å². The molecule has 0 N–H and O–H groups in total. The van der Waals surface area contributed by atoms with E-state index in [2.05, 4.69) is 9.47 Å². The molecule has 0 unspecified atom stereocenters. The van der Waals surface area contributed by atoms with Gasteiger partial charge in [0.25, 0.3) is 0 Å². The van der Waals surface area contributed by atoms with Gasteiger partial charge in [-0.1, -0.05) is 19.1 Å². The first-order valence-corrected chi connectivity index (χ1v) is 4.48. The Bertz CT molecular complexity index is 204. The van der Waals surface area contributed by atoms with Crippen molar-refractivity contribution < 1.29 is 19.1 Å². The average molecular weight is 200 g/mol. The minimum absolute atomic E-state index is 0.327. The Morgan fingerprint density at radius 1 is 1.14 bits per heavy atom. The lowest BCUT2D eigenvalue weighted by Gasteiger charge is -2.09. The van der Waals surface area contributed by atoms with Gasteiger partial charge in [0.05, 0.1) is 14.2 Å². The molecule has 0 rings (SSSR count). The maximum atomic E-state index is 11.1. The number of ether oxygens (including phenoxy) is 2. The summed E-state index contributed by atoms with van der Waals surface area (Å²) in [5.74, 6) is -1.96. The van der Waals surface area contributed by atoms with E-state index in [1.165, 1.54) is 14.2 Å². The average Bonchev–Trinajstić information content (AvgIpc) is 2.22. The van der Waals surface area contributed by atoms with E-state index in [1.54, 1.807) is 6.08 Å². The molecule has 0 aromatic rings. The predicted octanol–water partition coefficient (Wildman–Crippen LogP) is 1.30. The van der Waals surface area contributed by atoms with Crippen molar-refractivity contribution in [2.45, 2.75) is 19.8 Å². The van der Waals surface area contributed by atoms with Gasteiger partial charge in [-0.3, -0.25) is 9.59 Å². The lowest BCUT2D eigenvalue weighted by molar-refractivity contribution is -0.158. The summed E-state index contributed by atoms with van der Waals surface area (Å²) in [7, 11) is 2.50. The Balaban J connectivity index is 4.32. The monoisotopic (exact) mass is 200 g/mol. The first-order chi connectivity index (χ1) is 6.67. The van der Waals surface area contributed by atoms with Crippen LogP contribution in [0.25, 0.3) is 0 Å². The van der Waals surface area contributed by atoms with Crippen molar-refractivity contribution in [1.29, 1.82) is 0 Å². The Hall–Kier alpha value is -1.32. The zero-order chi connectivity index (χ0) is 11.0. The molecular weight excluding hydrogens is 184 g/mol. The topological polar surface area (TPSA) is 52.6 Å². The van der Waals surface area contributed by atoms with Gasteiger partial charge >= 0.3 is 11.9 Å². The molecular formula is C10H16O4. The molecule has 0 amide bonds. The van der Waals surface area contributed by atoms with E-state index in [-0.39, 0.29) is 0 Å². The molecule has 0 aromatic carbocycles. The van der Waals surface area contributed by atoms with E-state index in [0.29, 0.717) is 6.42 Å². The molecule has 0 fully saturated rings. The fourth-order valence-corrected chi connectivity index (χ4v) is 0.972. The molecule has 0 radical (unpaired) electrons.